The summed E-state index contributed by atoms with van der Waals surface area (Å²) in [6.07, 6.45) is 3.59. The summed E-state index contributed by atoms with van der Waals surface area (Å²) in [5.74, 6) is -1.65. The third-order valence-corrected chi connectivity index (χ3v) is 5.59. The monoisotopic (exact) mass is 408 g/mol. The molecule has 1 aromatic carbocycles. The van der Waals surface area contributed by atoms with Crippen molar-refractivity contribution in [3.05, 3.63) is 29.6 Å². The van der Waals surface area contributed by atoms with Crippen LogP contribution in [0.25, 0.3) is 0 Å². The first kappa shape index (κ1) is 19.6. The number of hydrogen-bond donors (Lipinski definition) is 3. The maximum absolute atomic E-state index is 11.9. The van der Waals surface area contributed by atoms with Gasteiger partial charge in [-0.3, -0.25) is 4.79 Å². The molecule has 0 aliphatic carbocycles. The summed E-state index contributed by atoms with van der Waals surface area (Å²) in [5.41, 5.74) is 0.558. The molecule has 3 rings (SSSR count). The Morgan fingerprint density at radius 2 is 2.26 bits per heavy atom. The Morgan fingerprint density at radius 1 is 1.48 bits per heavy atom. The Balaban J connectivity index is 1.91. The molecule has 9 nitrogen and oxygen atoms in total. The number of carbonyl (C=O) groups is 2. The van der Waals surface area contributed by atoms with Crippen LogP contribution in [0.1, 0.15) is 15.9 Å². The minimum Gasteiger partial charge on any atom is -0.534 e. The number of aryl methyl sites for hydroxylation is 1. The number of carboxylic acid groups (broad SMARTS) is 1. The summed E-state index contributed by atoms with van der Waals surface area (Å²) in [7, 11) is 0.417. The van der Waals surface area contributed by atoms with Crippen molar-refractivity contribution in [2.24, 2.45) is 7.05 Å². The number of carboxylic acids is 1. The number of carbonyl (C=O) groups excluding carboxylic acids is 1. The average Bonchev–Trinajstić information content (AvgIpc) is 3.00. The first-order valence-electron chi connectivity index (χ1n) is 7.94. The van der Waals surface area contributed by atoms with Crippen molar-refractivity contribution < 1.29 is 24.4 Å². The van der Waals surface area contributed by atoms with Crippen molar-refractivity contribution >= 4 is 42.5 Å². The summed E-state index contributed by atoms with van der Waals surface area (Å²) >= 11 is 2.51. The van der Waals surface area contributed by atoms with Crippen molar-refractivity contribution in [1.82, 2.24) is 20.1 Å². The zero-order valence-electron chi connectivity index (χ0n) is 14.6. The maximum atomic E-state index is 11.9. The fourth-order valence-electron chi connectivity index (χ4n) is 2.70. The van der Waals surface area contributed by atoms with Gasteiger partial charge >= 0.3 is 13.1 Å². The lowest BCUT2D eigenvalue weighted by atomic mass is 9.72. The molecule has 27 heavy (non-hydrogen) atoms. The number of aromatic carboxylic acids is 1. The number of rotatable bonds is 6. The molecule has 3 N–H and O–H groups in total. The fraction of sp³-hybridized carbons (Fsp3) is 0.333. The van der Waals surface area contributed by atoms with E-state index in [1.165, 1.54) is 18.1 Å². The second-order valence-corrected chi connectivity index (χ2v) is 7.75. The van der Waals surface area contributed by atoms with Crippen molar-refractivity contribution in [3.63, 3.8) is 0 Å². The highest BCUT2D eigenvalue weighted by Gasteiger charge is 2.38. The zero-order chi connectivity index (χ0) is 19.6. The molecule has 0 unspecified atom stereocenters. The summed E-state index contributed by atoms with van der Waals surface area (Å²) < 4.78 is 7.17. The smallest absolute Gasteiger partial charge is 0.534 e. The van der Waals surface area contributed by atoms with Gasteiger partial charge in [-0.2, -0.15) is 11.8 Å². The van der Waals surface area contributed by atoms with Gasteiger partial charge in [0.15, 0.2) is 5.16 Å². The van der Waals surface area contributed by atoms with Gasteiger partial charge in [-0.25, -0.2) is 4.79 Å². The standard InChI is InChI=1S/C15H17BN4O5S2/c1-20-7-17-19-15(20)27-9-4-3-8-5-10(18-11(21)6-26-2)16(24)25-13(8)12(9)14(22)23/h3-4,7,10,24H,5-6H2,1-2H3,(H,18,21)(H,22,23)/t10-/m0/s1. The van der Waals surface area contributed by atoms with Gasteiger partial charge in [0, 0.05) is 11.9 Å². The molecule has 0 saturated heterocycles. The van der Waals surface area contributed by atoms with E-state index in [9.17, 15) is 19.7 Å². The average molecular weight is 408 g/mol. The van der Waals surface area contributed by atoms with Crippen LogP contribution in [0.3, 0.4) is 0 Å². The molecule has 0 fully saturated rings. The van der Waals surface area contributed by atoms with Crippen molar-refractivity contribution in [2.75, 3.05) is 12.0 Å². The Morgan fingerprint density at radius 3 is 2.89 bits per heavy atom. The highest BCUT2D eigenvalue weighted by molar-refractivity contribution is 7.99. The number of benzene rings is 1. The number of nitrogens with zero attached hydrogens (tertiary/aromatic N) is 3. The van der Waals surface area contributed by atoms with Crippen LogP contribution in [0, 0.1) is 0 Å². The summed E-state index contributed by atoms with van der Waals surface area (Å²) in [4.78, 5) is 24.1. The van der Waals surface area contributed by atoms with E-state index < -0.39 is 19.0 Å². The van der Waals surface area contributed by atoms with E-state index in [0.717, 1.165) is 11.8 Å². The molecule has 0 saturated carbocycles. The Bertz CT molecular complexity index is 878. The molecule has 1 aromatic heterocycles. The van der Waals surface area contributed by atoms with Gasteiger partial charge in [0.05, 0.1) is 11.7 Å². The van der Waals surface area contributed by atoms with Crippen LogP contribution in [-0.2, 0) is 18.3 Å². The van der Waals surface area contributed by atoms with Crippen molar-refractivity contribution in [3.8, 4) is 5.75 Å². The fourth-order valence-corrected chi connectivity index (χ4v) is 3.94. The molecule has 1 atom stereocenters. The number of hydrogen-bond acceptors (Lipinski definition) is 8. The predicted molar refractivity (Wildman–Crippen MR) is 101 cm³/mol. The third kappa shape index (κ3) is 4.23. The van der Waals surface area contributed by atoms with Crippen LogP contribution in [0.5, 0.6) is 5.75 Å². The van der Waals surface area contributed by atoms with E-state index in [-0.39, 0.29) is 29.4 Å². The number of aromatic nitrogens is 3. The van der Waals surface area contributed by atoms with E-state index in [1.807, 2.05) is 0 Å². The zero-order valence-corrected chi connectivity index (χ0v) is 16.2. The molecule has 1 amide bonds. The number of nitrogens with one attached hydrogen (secondary N) is 1. The minimum atomic E-state index is -1.34. The molecule has 0 spiro atoms. The van der Waals surface area contributed by atoms with E-state index in [1.54, 1.807) is 30.0 Å². The van der Waals surface area contributed by atoms with Crippen molar-refractivity contribution in [2.45, 2.75) is 22.4 Å². The SMILES string of the molecule is CSCC(=O)N[C@H]1Cc2ccc(Sc3nncn3C)c(C(=O)O)c2OB1O. The number of amides is 1. The third-order valence-electron chi connectivity index (χ3n) is 3.93. The van der Waals surface area contributed by atoms with E-state index in [2.05, 4.69) is 15.5 Å². The molecule has 0 radical (unpaired) electrons. The summed E-state index contributed by atoms with van der Waals surface area (Å²) in [5, 5.41) is 30.9. The van der Waals surface area contributed by atoms with Gasteiger partial charge in [0.2, 0.25) is 5.91 Å². The normalized spacial score (nSPS) is 15.8. The number of thioether (sulfide) groups is 1. The van der Waals surface area contributed by atoms with Crippen molar-refractivity contribution in [1.29, 1.82) is 0 Å². The molecule has 2 heterocycles. The second kappa shape index (κ2) is 8.23. The Kier molecular flexibility index (Phi) is 5.97. The summed E-state index contributed by atoms with van der Waals surface area (Å²) in [6.45, 7) is 0. The molecule has 12 heteroatoms. The maximum Gasteiger partial charge on any atom is 0.547 e. The van der Waals surface area contributed by atoms with Crippen LogP contribution < -0.4 is 9.97 Å². The van der Waals surface area contributed by atoms with Gasteiger partial charge in [-0.15, -0.1) is 10.2 Å². The van der Waals surface area contributed by atoms with Crippen LogP contribution in [0.4, 0.5) is 0 Å². The molecular weight excluding hydrogens is 391 g/mol. The molecule has 1 aliphatic heterocycles. The lowest BCUT2D eigenvalue weighted by Gasteiger charge is -2.29. The van der Waals surface area contributed by atoms with E-state index in [0.29, 0.717) is 15.6 Å². The second-order valence-electron chi connectivity index (χ2n) is 5.88. The quantitative estimate of drug-likeness (QED) is 0.585. The first-order valence-corrected chi connectivity index (χ1v) is 10.2. The summed E-state index contributed by atoms with van der Waals surface area (Å²) in [6, 6.07) is 3.41. The van der Waals surface area contributed by atoms with Gasteiger partial charge in [-0.1, -0.05) is 6.07 Å². The van der Waals surface area contributed by atoms with Crippen LogP contribution >= 0.6 is 23.5 Å². The van der Waals surface area contributed by atoms with E-state index >= 15 is 0 Å². The van der Waals surface area contributed by atoms with Gasteiger partial charge in [0.25, 0.3) is 0 Å². The van der Waals surface area contributed by atoms with Crippen LogP contribution in [-0.4, -0.2) is 61.8 Å². The Labute approximate surface area is 164 Å². The highest BCUT2D eigenvalue weighted by atomic mass is 32.2. The van der Waals surface area contributed by atoms with E-state index in [4.69, 9.17) is 4.65 Å². The topological polar surface area (TPSA) is 127 Å². The van der Waals surface area contributed by atoms with Crippen LogP contribution in [0.2, 0.25) is 0 Å². The lowest BCUT2D eigenvalue weighted by molar-refractivity contribution is -0.118. The van der Waals surface area contributed by atoms with Gasteiger partial charge in [0.1, 0.15) is 17.6 Å². The number of fused-ring (bicyclic) bond motifs is 1. The van der Waals surface area contributed by atoms with Gasteiger partial charge in [-0.05, 0) is 36.1 Å². The minimum absolute atomic E-state index is 0.0477. The molecular formula is C15H17BN4O5S2. The largest absolute Gasteiger partial charge is 0.547 e. The van der Waals surface area contributed by atoms with Crippen LogP contribution in [0.15, 0.2) is 28.5 Å². The molecule has 0 bridgehead atoms. The predicted octanol–water partition coefficient (Wildman–Crippen LogP) is 0.467. The highest BCUT2D eigenvalue weighted by Crippen LogP contribution is 2.38. The van der Waals surface area contributed by atoms with Gasteiger partial charge < -0.3 is 24.7 Å². The lowest BCUT2D eigenvalue weighted by Crippen LogP contribution is -2.53. The molecule has 1 aliphatic rings. The molecule has 2 aromatic rings. The first-order chi connectivity index (χ1) is 12.9. The Hall–Kier alpha value is -2.18. The molecule has 142 valence electrons.